The Hall–Kier alpha value is -1.07. The van der Waals surface area contributed by atoms with Crippen molar-refractivity contribution in [3.63, 3.8) is 0 Å². The minimum Gasteiger partial charge on any atom is -0.316 e. The maximum Gasteiger partial charge on any atom is 0.390 e. The largest absolute Gasteiger partial charge is 0.390 e. The molecule has 5 heteroatoms. The summed E-state index contributed by atoms with van der Waals surface area (Å²) in [6, 6.07) is 8.11. The van der Waals surface area contributed by atoms with Crippen molar-refractivity contribution in [3.05, 3.63) is 35.4 Å². The molecule has 0 amide bonds. The third-order valence-electron chi connectivity index (χ3n) is 3.27. The molecular formula is C16H25F3N2. The number of nitrogens with zero attached hydrogens (tertiary/aromatic N) is 1. The second kappa shape index (κ2) is 9.05. The second-order valence-electron chi connectivity index (χ2n) is 5.42. The maximum absolute atomic E-state index is 12.1. The molecular weight excluding hydrogens is 277 g/mol. The van der Waals surface area contributed by atoms with E-state index in [1.165, 1.54) is 5.56 Å². The zero-order valence-corrected chi connectivity index (χ0v) is 12.8. The van der Waals surface area contributed by atoms with Gasteiger partial charge in [-0.25, -0.2) is 0 Å². The number of nitrogens with one attached hydrogen (secondary N) is 1. The molecule has 1 aromatic carbocycles. The van der Waals surface area contributed by atoms with E-state index in [1.807, 2.05) is 12.1 Å². The van der Waals surface area contributed by atoms with E-state index in [1.54, 1.807) is 11.9 Å². The summed E-state index contributed by atoms with van der Waals surface area (Å²) in [4.78, 5) is 1.70. The van der Waals surface area contributed by atoms with Gasteiger partial charge in [0.1, 0.15) is 0 Å². The normalized spacial score (nSPS) is 12.1. The molecule has 0 radical (unpaired) electrons. The molecule has 120 valence electrons. The highest BCUT2D eigenvalue weighted by Gasteiger charge is 2.26. The van der Waals surface area contributed by atoms with Crippen molar-refractivity contribution in [2.24, 2.45) is 0 Å². The Kier molecular flexibility index (Phi) is 7.75. The lowest BCUT2D eigenvalue weighted by atomic mass is 10.1. The highest BCUT2D eigenvalue weighted by molar-refractivity contribution is 5.22. The van der Waals surface area contributed by atoms with Gasteiger partial charge >= 0.3 is 6.18 Å². The number of rotatable bonds is 9. The summed E-state index contributed by atoms with van der Waals surface area (Å²) in [6.07, 6.45) is -2.73. The molecule has 0 saturated carbocycles. The van der Waals surface area contributed by atoms with Gasteiger partial charge in [0.25, 0.3) is 0 Å². The topological polar surface area (TPSA) is 15.3 Å². The predicted molar refractivity (Wildman–Crippen MR) is 80.3 cm³/mol. The smallest absolute Gasteiger partial charge is 0.316 e. The Balaban J connectivity index is 2.33. The van der Waals surface area contributed by atoms with Crippen LogP contribution in [0.25, 0.3) is 0 Å². The standard InChI is InChI=1S/C16H25F3N2/c1-3-10-20-11-8-14-4-6-15(7-5-14)13-21(2)12-9-16(17,18)19/h4-7,20H,3,8-13H2,1-2H3. The molecule has 0 fully saturated rings. The van der Waals surface area contributed by atoms with Gasteiger partial charge in [-0.3, -0.25) is 0 Å². The molecule has 21 heavy (non-hydrogen) atoms. The van der Waals surface area contributed by atoms with E-state index in [0.717, 1.165) is 31.5 Å². The van der Waals surface area contributed by atoms with Crippen LogP contribution in [0.2, 0.25) is 0 Å². The van der Waals surface area contributed by atoms with Gasteiger partial charge in [0, 0.05) is 13.1 Å². The maximum atomic E-state index is 12.1. The molecule has 1 rings (SSSR count). The van der Waals surface area contributed by atoms with E-state index in [0.29, 0.717) is 6.54 Å². The molecule has 0 atom stereocenters. The van der Waals surface area contributed by atoms with Crippen LogP contribution in [0.3, 0.4) is 0 Å². The van der Waals surface area contributed by atoms with Crippen LogP contribution in [0, 0.1) is 0 Å². The van der Waals surface area contributed by atoms with E-state index in [4.69, 9.17) is 0 Å². The van der Waals surface area contributed by atoms with E-state index in [-0.39, 0.29) is 6.54 Å². The van der Waals surface area contributed by atoms with Gasteiger partial charge in [-0.1, -0.05) is 31.2 Å². The molecule has 0 aromatic heterocycles. The lowest BCUT2D eigenvalue weighted by Crippen LogP contribution is -2.24. The average molecular weight is 302 g/mol. The molecule has 0 aliphatic heterocycles. The SMILES string of the molecule is CCCNCCc1ccc(CN(C)CCC(F)(F)F)cc1. The zero-order valence-electron chi connectivity index (χ0n) is 12.8. The Morgan fingerprint density at radius 2 is 1.67 bits per heavy atom. The molecule has 0 aliphatic carbocycles. The van der Waals surface area contributed by atoms with Gasteiger partial charge in [0.15, 0.2) is 0 Å². The quantitative estimate of drug-likeness (QED) is 0.701. The highest BCUT2D eigenvalue weighted by atomic mass is 19.4. The van der Waals surface area contributed by atoms with E-state index >= 15 is 0 Å². The number of alkyl halides is 3. The minimum absolute atomic E-state index is 0.0339. The Morgan fingerprint density at radius 3 is 2.24 bits per heavy atom. The average Bonchev–Trinajstić information content (AvgIpc) is 2.42. The molecule has 1 N–H and O–H groups in total. The lowest BCUT2D eigenvalue weighted by molar-refractivity contribution is -0.137. The van der Waals surface area contributed by atoms with Crippen LogP contribution in [-0.2, 0) is 13.0 Å². The van der Waals surface area contributed by atoms with Gasteiger partial charge in [-0.05, 0) is 44.1 Å². The first kappa shape index (κ1) is 18.0. The summed E-state index contributed by atoms with van der Waals surface area (Å²) in [7, 11) is 1.72. The first-order chi connectivity index (χ1) is 9.90. The molecule has 1 aromatic rings. The number of benzene rings is 1. The first-order valence-corrected chi connectivity index (χ1v) is 7.44. The van der Waals surface area contributed by atoms with Crippen molar-refractivity contribution < 1.29 is 13.2 Å². The molecule has 0 saturated heterocycles. The fourth-order valence-corrected chi connectivity index (χ4v) is 2.05. The molecule has 0 aliphatic rings. The monoisotopic (exact) mass is 302 g/mol. The van der Waals surface area contributed by atoms with Crippen LogP contribution in [-0.4, -0.2) is 37.8 Å². The number of hydrogen-bond acceptors (Lipinski definition) is 2. The Morgan fingerprint density at radius 1 is 1.05 bits per heavy atom. The fourth-order valence-electron chi connectivity index (χ4n) is 2.05. The van der Waals surface area contributed by atoms with E-state index < -0.39 is 12.6 Å². The van der Waals surface area contributed by atoms with E-state index in [9.17, 15) is 13.2 Å². The Labute approximate surface area is 125 Å². The van der Waals surface area contributed by atoms with Gasteiger partial charge in [0.05, 0.1) is 6.42 Å². The zero-order chi connectivity index (χ0) is 15.7. The van der Waals surface area contributed by atoms with Crippen LogP contribution in [0.4, 0.5) is 13.2 Å². The molecule has 0 spiro atoms. The second-order valence-corrected chi connectivity index (χ2v) is 5.42. The summed E-state index contributed by atoms with van der Waals surface area (Å²) < 4.78 is 36.4. The molecule has 2 nitrogen and oxygen atoms in total. The highest BCUT2D eigenvalue weighted by Crippen LogP contribution is 2.19. The van der Waals surface area contributed by atoms with Crippen LogP contribution < -0.4 is 5.32 Å². The van der Waals surface area contributed by atoms with Crippen molar-refractivity contribution in [2.75, 3.05) is 26.7 Å². The summed E-state index contributed by atoms with van der Waals surface area (Å²) in [5.41, 5.74) is 2.30. The Bertz CT molecular complexity index is 388. The van der Waals surface area contributed by atoms with Gasteiger partial charge in [-0.2, -0.15) is 13.2 Å². The summed E-state index contributed by atoms with van der Waals surface area (Å²) in [5.74, 6) is 0. The third kappa shape index (κ3) is 8.73. The molecule has 0 heterocycles. The van der Waals surface area contributed by atoms with Crippen LogP contribution in [0.5, 0.6) is 0 Å². The number of halogens is 3. The van der Waals surface area contributed by atoms with Crippen molar-refractivity contribution in [1.82, 2.24) is 10.2 Å². The van der Waals surface area contributed by atoms with Gasteiger partial charge < -0.3 is 10.2 Å². The van der Waals surface area contributed by atoms with E-state index in [2.05, 4.69) is 24.4 Å². The van der Waals surface area contributed by atoms with Crippen LogP contribution in [0.15, 0.2) is 24.3 Å². The van der Waals surface area contributed by atoms with Crippen molar-refractivity contribution in [1.29, 1.82) is 0 Å². The summed E-state index contributed by atoms with van der Waals surface area (Å²) >= 11 is 0. The minimum atomic E-state index is -4.08. The van der Waals surface area contributed by atoms with Crippen molar-refractivity contribution in [3.8, 4) is 0 Å². The van der Waals surface area contributed by atoms with Gasteiger partial charge in [-0.15, -0.1) is 0 Å². The first-order valence-electron chi connectivity index (χ1n) is 7.44. The summed E-state index contributed by atoms with van der Waals surface area (Å²) in [6.45, 7) is 4.70. The molecule has 0 unspecified atom stereocenters. The fraction of sp³-hybridized carbons (Fsp3) is 0.625. The van der Waals surface area contributed by atoms with Crippen LogP contribution >= 0.6 is 0 Å². The lowest BCUT2D eigenvalue weighted by Gasteiger charge is -2.17. The predicted octanol–water partition coefficient (Wildman–Crippen LogP) is 3.61. The third-order valence-corrected chi connectivity index (χ3v) is 3.27. The van der Waals surface area contributed by atoms with Crippen molar-refractivity contribution in [2.45, 2.75) is 38.9 Å². The van der Waals surface area contributed by atoms with Crippen molar-refractivity contribution >= 4 is 0 Å². The van der Waals surface area contributed by atoms with Crippen LogP contribution in [0.1, 0.15) is 30.9 Å². The summed E-state index contributed by atoms with van der Waals surface area (Å²) in [5, 5.41) is 3.35. The van der Waals surface area contributed by atoms with Gasteiger partial charge in [0.2, 0.25) is 0 Å². The number of hydrogen-bond donors (Lipinski definition) is 1. The molecule has 0 bridgehead atoms.